The van der Waals surface area contributed by atoms with Gasteiger partial charge >= 0.3 is 0 Å². The van der Waals surface area contributed by atoms with Gasteiger partial charge < -0.3 is 9.67 Å². The fraction of sp³-hybridized carbons (Fsp3) is 0.250. The predicted molar refractivity (Wildman–Crippen MR) is 78.2 cm³/mol. The molecule has 4 nitrogen and oxygen atoms in total. The number of aliphatic hydroxyl groups is 1. The van der Waals surface area contributed by atoms with Crippen LogP contribution in [-0.2, 0) is 13.5 Å². The van der Waals surface area contributed by atoms with Gasteiger partial charge in [-0.2, -0.15) is 0 Å². The molecule has 102 valence electrons. The Labute approximate surface area is 117 Å². The third-order valence-corrected chi connectivity index (χ3v) is 3.59. The average molecular weight is 267 g/mol. The molecule has 3 aromatic rings. The number of benzene rings is 1. The van der Waals surface area contributed by atoms with Crippen molar-refractivity contribution < 1.29 is 5.11 Å². The maximum Gasteiger partial charge on any atom is 0.108 e. The molecule has 1 unspecified atom stereocenters. The minimum absolute atomic E-state index is 0.523. The number of aliphatic hydroxyl groups excluding tert-OH is 1. The molecule has 1 atom stereocenters. The molecule has 20 heavy (non-hydrogen) atoms. The van der Waals surface area contributed by atoms with Crippen LogP contribution in [0.15, 0.2) is 48.9 Å². The Kier molecular flexibility index (Phi) is 3.48. The summed E-state index contributed by atoms with van der Waals surface area (Å²) >= 11 is 0. The van der Waals surface area contributed by atoms with Crippen molar-refractivity contribution in [3.8, 4) is 0 Å². The van der Waals surface area contributed by atoms with Crippen LogP contribution in [0.3, 0.4) is 0 Å². The molecule has 2 heterocycles. The Hall–Kier alpha value is -2.20. The molecule has 0 aliphatic rings. The van der Waals surface area contributed by atoms with E-state index in [4.69, 9.17) is 0 Å². The van der Waals surface area contributed by atoms with Crippen LogP contribution in [0.2, 0.25) is 0 Å². The van der Waals surface area contributed by atoms with Crippen LogP contribution in [0.25, 0.3) is 10.9 Å². The van der Waals surface area contributed by atoms with Gasteiger partial charge in [-0.25, -0.2) is 4.98 Å². The smallest absolute Gasteiger partial charge is 0.108 e. The van der Waals surface area contributed by atoms with Crippen molar-refractivity contribution in [2.24, 2.45) is 7.05 Å². The first-order valence-electron chi connectivity index (χ1n) is 6.73. The standard InChI is InChI=1S/C16H17N3O/c1-19-11-10-17-15(19)8-7-14(20)13-6-2-4-12-5-3-9-18-16(12)13/h2-6,9-11,14,20H,7-8H2,1H3. The first kappa shape index (κ1) is 12.8. The quantitative estimate of drug-likeness (QED) is 0.790. The van der Waals surface area contributed by atoms with E-state index in [1.165, 1.54) is 0 Å². The Balaban J connectivity index is 1.82. The lowest BCUT2D eigenvalue weighted by molar-refractivity contribution is 0.168. The lowest BCUT2D eigenvalue weighted by Crippen LogP contribution is -2.04. The van der Waals surface area contributed by atoms with E-state index >= 15 is 0 Å². The van der Waals surface area contributed by atoms with Crippen LogP contribution in [0.5, 0.6) is 0 Å². The van der Waals surface area contributed by atoms with E-state index in [9.17, 15) is 5.11 Å². The number of para-hydroxylation sites is 1. The summed E-state index contributed by atoms with van der Waals surface area (Å²) in [4.78, 5) is 8.66. The van der Waals surface area contributed by atoms with Crippen molar-refractivity contribution in [1.29, 1.82) is 0 Å². The molecule has 0 saturated heterocycles. The topological polar surface area (TPSA) is 50.9 Å². The van der Waals surface area contributed by atoms with Gasteiger partial charge in [0.25, 0.3) is 0 Å². The van der Waals surface area contributed by atoms with Crippen molar-refractivity contribution in [3.63, 3.8) is 0 Å². The van der Waals surface area contributed by atoms with Crippen LogP contribution in [0.4, 0.5) is 0 Å². The second kappa shape index (κ2) is 5.43. The molecular weight excluding hydrogens is 250 g/mol. The highest BCUT2D eigenvalue weighted by Gasteiger charge is 2.13. The predicted octanol–water partition coefficient (Wildman–Crippen LogP) is 2.63. The Morgan fingerprint density at radius 3 is 2.80 bits per heavy atom. The lowest BCUT2D eigenvalue weighted by atomic mass is 10.0. The SMILES string of the molecule is Cn1ccnc1CCC(O)c1cccc2cccnc12. The van der Waals surface area contributed by atoms with E-state index in [-0.39, 0.29) is 0 Å². The number of aryl methyl sites for hydroxylation is 2. The summed E-state index contributed by atoms with van der Waals surface area (Å²) in [7, 11) is 1.97. The van der Waals surface area contributed by atoms with E-state index in [0.29, 0.717) is 6.42 Å². The Bertz CT molecular complexity index is 715. The summed E-state index contributed by atoms with van der Waals surface area (Å²) in [5.74, 6) is 0.984. The van der Waals surface area contributed by atoms with Crippen molar-refractivity contribution in [1.82, 2.24) is 14.5 Å². The number of nitrogens with zero attached hydrogens (tertiary/aromatic N) is 3. The van der Waals surface area contributed by atoms with Crippen LogP contribution in [0.1, 0.15) is 23.9 Å². The minimum Gasteiger partial charge on any atom is -0.388 e. The minimum atomic E-state index is -0.523. The normalized spacial score (nSPS) is 12.7. The first-order chi connectivity index (χ1) is 9.75. The van der Waals surface area contributed by atoms with E-state index in [1.54, 1.807) is 12.4 Å². The highest BCUT2D eigenvalue weighted by atomic mass is 16.3. The molecule has 0 spiro atoms. The third kappa shape index (κ3) is 2.42. The maximum atomic E-state index is 10.4. The summed E-state index contributed by atoms with van der Waals surface area (Å²) in [6.45, 7) is 0. The van der Waals surface area contributed by atoms with E-state index in [1.807, 2.05) is 48.1 Å². The van der Waals surface area contributed by atoms with Crippen molar-refractivity contribution >= 4 is 10.9 Å². The number of hydrogen-bond donors (Lipinski definition) is 1. The van der Waals surface area contributed by atoms with E-state index in [2.05, 4.69) is 9.97 Å². The van der Waals surface area contributed by atoms with Gasteiger partial charge in [-0.15, -0.1) is 0 Å². The van der Waals surface area contributed by atoms with Crippen LogP contribution < -0.4 is 0 Å². The lowest BCUT2D eigenvalue weighted by Gasteiger charge is -2.13. The number of imidazole rings is 1. The van der Waals surface area contributed by atoms with Crippen molar-refractivity contribution in [3.05, 3.63) is 60.3 Å². The molecule has 2 aromatic heterocycles. The number of hydrogen-bond acceptors (Lipinski definition) is 3. The molecule has 0 fully saturated rings. The first-order valence-corrected chi connectivity index (χ1v) is 6.73. The number of pyridine rings is 1. The second-order valence-corrected chi connectivity index (χ2v) is 4.93. The van der Waals surface area contributed by atoms with Crippen LogP contribution in [-0.4, -0.2) is 19.6 Å². The van der Waals surface area contributed by atoms with E-state index in [0.717, 1.165) is 28.7 Å². The average Bonchev–Trinajstić information content (AvgIpc) is 2.89. The Morgan fingerprint density at radius 1 is 1.15 bits per heavy atom. The van der Waals surface area contributed by atoms with Crippen LogP contribution in [0, 0.1) is 0 Å². The highest BCUT2D eigenvalue weighted by Crippen LogP contribution is 2.25. The summed E-state index contributed by atoms with van der Waals surface area (Å²) in [6, 6.07) is 9.84. The zero-order chi connectivity index (χ0) is 13.9. The van der Waals surface area contributed by atoms with Gasteiger partial charge in [-0.1, -0.05) is 24.3 Å². The highest BCUT2D eigenvalue weighted by molar-refractivity contribution is 5.81. The molecule has 3 rings (SSSR count). The zero-order valence-corrected chi connectivity index (χ0v) is 11.4. The van der Waals surface area contributed by atoms with Gasteiger partial charge in [0.05, 0.1) is 11.6 Å². The van der Waals surface area contributed by atoms with Gasteiger partial charge in [0, 0.05) is 43.0 Å². The molecule has 1 N–H and O–H groups in total. The van der Waals surface area contributed by atoms with E-state index < -0.39 is 6.10 Å². The molecule has 0 aliphatic heterocycles. The summed E-state index contributed by atoms with van der Waals surface area (Å²) in [5.41, 5.74) is 1.76. The van der Waals surface area contributed by atoms with Crippen molar-refractivity contribution in [2.45, 2.75) is 18.9 Å². The monoisotopic (exact) mass is 267 g/mol. The summed E-state index contributed by atoms with van der Waals surface area (Å²) in [6.07, 6.45) is 6.32. The number of aromatic nitrogens is 3. The summed E-state index contributed by atoms with van der Waals surface area (Å²) < 4.78 is 1.98. The molecule has 0 amide bonds. The molecule has 0 saturated carbocycles. The molecule has 1 aromatic carbocycles. The van der Waals surface area contributed by atoms with Gasteiger partial charge in [-0.05, 0) is 12.5 Å². The molecule has 0 radical (unpaired) electrons. The number of rotatable bonds is 4. The second-order valence-electron chi connectivity index (χ2n) is 4.93. The van der Waals surface area contributed by atoms with Gasteiger partial charge in [0.1, 0.15) is 5.82 Å². The van der Waals surface area contributed by atoms with Gasteiger partial charge in [0.2, 0.25) is 0 Å². The van der Waals surface area contributed by atoms with Crippen LogP contribution >= 0.6 is 0 Å². The zero-order valence-electron chi connectivity index (χ0n) is 11.4. The third-order valence-electron chi connectivity index (χ3n) is 3.59. The van der Waals surface area contributed by atoms with Crippen molar-refractivity contribution in [2.75, 3.05) is 0 Å². The molecular formula is C16H17N3O. The Morgan fingerprint density at radius 2 is 2.00 bits per heavy atom. The fourth-order valence-electron chi connectivity index (χ4n) is 2.46. The molecule has 0 bridgehead atoms. The summed E-state index contributed by atoms with van der Waals surface area (Å²) in [5, 5.41) is 11.5. The molecule has 4 heteroatoms. The molecule has 0 aliphatic carbocycles. The largest absolute Gasteiger partial charge is 0.388 e. The van der Waals surface area contributed by atoms with Gasteiger partial charge in [-0.3, -0.25) is 4.98 Å². The maximum absolute atomic E-state index is 10.4. The van der Waals surface area contributed by atoms with Gasteiger partial charge in [0.15, 0.2) is 0 Å². The number of fused-ring (bicyclic) bond motifs is 1. The fourth-order valence-corrected chi connectivity index (χ4v) is 2.46.